The number of aromatic nitrogens is 6. The van der Waals surface area contributed by atoms with Crippen LogP contribution in [0.5, 0.6) is 0 Å². The van der Waals surface area contributed by atoms with Gasteiger partial charge in [0.2, 0.25) is 10.8 Å². The molecule has 0 saturated carbocycles. The first-order valence-corrected chi connectivity index (χ1v) is 5.99. The van der Waals surface area contributed by atoms with Crippen LogP contribution in [-0.2, 0) is 0 Å². The van der Waals surface area contributed by atoms with E-state index in [-0.39, 0.29) is 0 Å². The minimum absolute atomic E-state index is 0.594. The van der Waals surface area contributed by atoms with E-state index < -0.39 is 0 Å². The first kappa shape index (κ1) is 9.54. The molecule has 7 nitrogen and oxygen atoms in total. The lowest BCUT2D eigenvalue weighted by Gasteiger charge is -1.90. The monoisotopic (exact) mass is 258 g/mol. The first-order chi connectivity index (χ1) is 8.92. The smallest absolute Gasteiger partial charge is 0.235 e. The molecule has 0 unspecified atom stereocenters. The predicted molar refractivity (Wildman–Crippen MR) is 63.9 cm³/mol. The van der Waals surface area contributed by atoms with Crippen molar-refractivity contribution in [1.82, 2.24) is 30.0 Å². The lowest BCUT2D eigenvalue weighted by atomic mass is 10.4. The van der Waals surface area contributed by atoms with Crippen LogP contribution in [0, 0.1) is 0 Å². The van der Waals surface area contributed by atoms with Crippen LogP contribution in [0.1, 0.15) is 0 Å². The maximum absolute atomic E-state index is 5.31. The van der Waals surface area contributed by atoms with Gasteiger partial charge in [0.15, 0.2) is 10.8 Å². The highest BCUT2D eigenvalue weighted by molar-refractivity contribution is 7.19. The molecule has 0 aromatic carbocycles. The summed E-state index contributed by atoms with van der Waals surface area (Å²) < 4.78 is 6.97. The van der Waals surface area contributed by atoms with Crippen LogP contribution in [0.3, 0.4) is 0 Å². The number of H-pyrrole nitrogens is 1. The van der Waals surface area contributed by atoms with Gasteiger partial charge >= 0.3 is 0 Å². The molecule has 0 saturated heterocycles. The van der Waals surface area contributed by atoms with Crippen molar-refractivity contribution in [3.8, 4) is 22.3 Å². The average Bonchev–Trinajstić information content (AvgIpc) is 3.13. The van der Waals surface area contributed by atoms with Crippen molar-refractivity contribution in [3.63, 3.8) is 0 Å². The first-order valence-electron chi connectivity index (χ1n) is 5.18. The molecule has 8 heteroatoms. The number of furan rings is 1. The van der Waals surface area contributed by atoms with Crippen molar-refractivity contribution >= 4 is 16.3 Å². The van der Waals surface area contributed by atoms with Crippen molar-refractivity contribution in [2.45, 2.75) is 0 Å². The van der Waals surface area contributed by atoms with Gasteiger partial charge in [-0.1, -0.05) is 11.3 Å². The van der Waals surface area contributed by atoms with E-state index in [1.54, 1.807) is 23.0 Å². The van der Waals surface area contributed by atoms with Crippen LogP contribution >= 0.6 is 11.3 Å². The molecule has 0 radical (unpaired) electrons. The molecule has 0 aliphatic carbocycles. The minimum atomic E-state index is 0.594. The summed E-state index contributed by atoms with van der Waals surface area (Å²) in [7, 11) is 0. The summed E-state index contributed by atoms with van der Waals surface area (Å²) >= 11 is 1.44. The molecule has 1 N–H and O–H groups in total. The predicted octanol–water partition coefficient (Wildman–Crippen LogP) is 1.84. The summed E-state index contributed by atoms with van der Waals surface area (Å²) in [5.74, 6) is 1.24. The molecule has 88 valence electrons. The Morgan fingerprint density at radius 2 is 2.28 bits per heavy atom. The van der Waals surface area contributed by atoms with Gasteiger partial charge in [-0.3, -0.25) is 5.10 Å². The molecule has 0 fully saturated rings. The van der Waals surface area contributed by atoms with E-state index in [1.165, 1.54) is 11.3 Å². The van der Waals surface area contributed by atoms with E-state index in [4.69, 9.17) is 4.42 Å². The Labute approximate surface area is 104 Å². The largest absolute Gasteiger partial charge is 0.461 e. The number of aromatic amines is 1. The highest BCUT2D eigenvalue weighted by atomic mass is 32.1. The Morgan fingerprint density at radius 3 is 3.06 bits per heavy atom. The third-order valence-electron chi connectivity index (χ3n) is 2.46. The highest BCUT2D eigenvalue weighted by Gasteiger charge is 2.16. The topological polar surface area (TPSA) is 84.9 Å². The SMILES string of the molecule is c1coc(-c2nnc3sc(-c4ccn[nH]4)nn23)c1. The van der Waals surface area contributed by atoms with Crippen molar-refractivity contribution in [2.75, 3.05) is 0 Å². The number of fused-ring (bicyclic) bond motifs is 1. The second kappa shape index (κ2) is 3.50. The summed E-state index contributed by atoms with van der Waals surface area (Å²) in [6, 6.07) is 5.49. The van der Waals surface area contributed by atoms with Crippen LogP contribution in [0.25, 0.3) is 27.2 Å². The molecule has 4 heterocycles. The fraction of sp³-hybridized carbons (Fsp3) is 0. The summed E-state index contributed by atoms with van der Waals surface area (Å²) in [6.07, 6.45) is 3.28. The lowest BCUT2D eigenvalue weighted by Crippen LogP contribution is -1.89. The highest BCUT2D eigenvalue weighted by Crippen LogP contribution is 2.26. The standard InChI is InChI=1S/C10H6N6OS/c1-2-7(17-5-1)8-13-14-10-16(8)15-9(18-10)6-3-4-11-12-6/h1-5H,(H,11,12). The molecular formula is C10H6N6OS. The van der Waals surface area contributed by atoms with Crippen LogP contribution in [0.15, 0.2) is 35.1 Å². The van der Waals surface area contributed by atoms with Gasteiger partial charge in [0.25, 0.3) is 0 Å². The molecule has 0 atom stereocenters. The van der Waals surface area contributed by atoms with E-state index in [2.05, 4.69) is 25.5 Å². The number of nitrogens with zero attached hydrogens (tertiary/aromatic N) is 5. The summed E-state index contributed by atoms with van der Waals surface area (Å²) in [5.41, 5.74) is 0.857. The van der Waals surface area contributed by atoms with Gasteiger partial charge in [-0.05, 0) is 18.2 Å². The van der Waals surface area contributed by atoms with E-state index in [9.17, 15) is 0 Å². The fourth-order valence-electron chi connectivity index (χ4n) is 1.66. The van der Waals surface area contributed by atoms with E-state index in [1.807, 2.05) is 12.1 Å². The van der Waals surface area contributed by atoms with Gasteiger partial charge < -0.3 is 4.42 Å². The molecule has 4 aromatic heterocycles. The molecule has 0 spiro atoms. The summed E-state index contributed by atoms with van der Waals surface area (Å²) in [4.78, 5) is 0.714. The van der Waals surface area contributed by atoms with Gasteiger partial charge in [0, 0.05) is 6.20 Å². The molecule has 0 aliphatic rings. The second-order valence-corrected chi connectivity index (χ2v) is 4.53. The fourth-order valence-corrected chi connectivity index (χ4v) is 2.47. The molecule has 0 amide bonds. The number of hydrogen-bond acceptors (Lipinski definition) is 6. The Balaban J connectivity index is 1.92. The van der Waals surface area contributed by atoms with Crippen molar-refractivity contribution in [2.24, 2.45) is 0 Å². The number of hydrogen-bond donors (Lipinski definition) is 1. The summed E-state index contributed by atoms with van der Waals surface area (Å²) in [5, 5.41) is 20.2. The van der Waals surface area contributed by atoms with Crippen molar-refractivity contribution in [3.05, 3.63) is 30.7 Å². The Kier molecular flexibility index (Phi) is 1.86. The number of nitrogens with one attached hydrogen (secondary N) is 1. The molecule has 0 aliphatic heterocycles. The van der Waals surface area contributed by atoms with Gasteiger partial charge in [-0.25, -0.2) is 0 Å². The summed E-state index contributed by atoms with van der Waals surface area (Å²) in [6.45, 7) is 0. The zero-order chi connectivity index (χ0) is 11.9. The van der Waals surface area contributed by atoms with Crippen LogP contribution in [0.4, 0.5) is 0 Å². The minimum Gasteiger partial charge on any atom is -0.461 e. The van der Waals surface area contributed by atoms with Crippen molar-refractivity contribution in [1.29, 1.82) is 0 Å². The van der Waals surface area contributed by atoms with E-state index in [0.29, 0.717) is 16.5 Å². The molecule has 18 heavy (non-hydrogen) atoms. The van der Waals surface area contributed by atoms with Gasteiger partial charge in [-0.15, -0.1) is 10.2 Å². The van der Waals surface area contributed by atoms with Crippen LogP contribution in [-0.4, -0.2) is 30.0 Å². The maximum atomic E-state index is 5.31. The Morgan fingerprint density at radius 1 is 1.28 bits per heavy atom. The van der Waals surface area contributed by atoms with Crippen LogP contribution in [0.2, 0.25) is 0 Å². The van der Waals surface area contributed by atoms with Gasteiger partial charge in [-0.2, -0.15) is 14.7 Å². The Bertz CT molecular complexity index is 782. The lowest BCUT2D eigenvalue weighted by molar-refractivity contribution is 0.575. The zero-order valence-corrected chi connectivity index (χ0v) is 9.76. The third-order valence-corrected chi connectivity index (χ3v) is 3.40. The maximum Gasteiger partial charge on any atom is 0.235 e. The molecular weight excluding hydrogens is 252 g/mol. The Hall–Kier alpha value is -2.48. The third kappa shape index (κ3) is 1.29. The average molecular weight is 258 g/mol. The van der Waals surface area contributed by atoms with Gasteiger partial charge in [0.05, 0.1) is 12.0 Å². The van der Waals surface area contributed by atoms with E-state index in [0.717, 1.165) is 10.7 Å². The number of rotatable bonds is 2. The van der Waals surface area contributed by atoms with E-state index >= 15 is 0 Å². The van der Waals surface area contributed by atoms with Gasteiger partial charge in [0.1, 0.15) is 0 Å². The molecule has 4 rings (SSSR count). The van der Waals surface area contributed by atoms with Crippen molar-refractivity contribution < 1.29 is 4.42 Å². The molecule has 0 bridgehead atoms. The normalized spacial score (nSPS) is 11.3. The quantitative estimate of drug-likeness (QED) is 0.593. The van der Waals surface area contributed by atoms with Crippen LogP contribution < -0.4 is 0 Å². The second-order valence-electron chi connectivity index (χ2n) is 3.57. The zero-order valence-electron chi connectivity index (χ0n) is 8.94. The molecule has 4 aromatic rings.